The first-order valence-corrected chi connectivity index (χ1v) is 7.77. The molecule has 0 aromatic heterocycles. The Hall–Kier alpha value is -0.120. The van der Waals surface area contributed by atoms with Gasteiger partial charge in [0, 0.05) is 19.6 Å². The molecule has 18 heavy (non-hydrogen) atoms. The standard InChI is InChI=1S/C15H28N2O/c1-14(12-16-13-14)18-11-10-17-8-6-15(7-9-17)4-2-3-5-15/h16H,2-13H2,1H3. The van der Waals surface area contributed by atoms with Gasteiger partial charge < -0.3 is 15.0 Å². The van der Waals surface area contributed by atoms with E-state index < -0.39 is 0 Å². The Morgan fingerprint density at radius 3 is 2.28 bits per heavy atom. The van der Waals surface area contributed by atoms with Crippen molar-refractivity contribution in [1.82, 2.24) is 10.2 Å². The molecule has 2 saturated heterocycles. The van der Waals surface area contributed by atoms with Crippen LogP contribution in [0.3, 0.4) is 0 Å². The maximum atomic E-state index is 5.98. The van der Waals surface area contributed by atoms with Crippen molar-refractivity contribution in [3.63, 3.8) is 0 Å². The first kappa shape index (κ1) is 12.9. The van der Waals surface area contributed by atoms with E-state index in [0.717, 1.165) is 31.7 Å². The molecule has 1 saturated carbocycles. The van der Waals surface area contributed by atoms with Gasteiger partial charge in [-0.2, -0.15) is 0 Å². The molecule has 3 nitrogen and oxygen atoms in total. The molecule has 0 atom stereocenters. The number of ether oxygens (including phenoxy) is 1. The zero-order valence-corrected chi connectivity index (χ0v) is 11.8. The molecule has 0 unspecified atom stereocenters. The predicted octanol–water partition coefficient (Wildman–Crippen LogP) is 2.02. The first-order valence-electron chi connectivity index (χ1n) is 7.77. The van der Waals surface area contributed by atoms with Crippen molar-refractivity contribution >= 4 is 0 Å². The second kappa shape index (κ2) is 5.10. The fourth-order valence-electron chi connectivity index (χ4n) is 3.88. The van der Waals surface area contributed by atoms with Gasteiger partial charge in [-0.1, -0.05) is 12.8 Å². The number of nitrogens with zero attached hydrogens (tertiary/aromatic N) is 1. The van der Waals surface area contributed by atoms with E-state index in [-0.39, 0.29) is 5.60 Å². The minimum absolute atomic E-state index is 0.127. The van der Waals surface area contributed by atoms with Gasteiger partial charge in [0.15, 0.2) is 0 Å². The van der Waals surface area contributed by atoms with Gasteiger partial charge >= 0.3 is 0 Å². The summed E-state index contributed by atoms with van der Waals surface area (Å²) in [7, 11) is 0. The van der Waals surface area contributed by atoms with Crippen LogP contribution in [0.4, 0.5) is 0 Å². The summed E-state index contributed by atoms with van der Waals surface area (Å²) in [6, 6.07) is 0. The Labute approximate surface area is 111 Å². The Balaban J connectivity index is 1.35. The minimum atomic E-state index is 0.127. The molecule has 2 heterocycles. The number of hydrogen-bond acceptors (Lipinski definition) is 3. The summed E-state index contributed by atoms with van der Waals surface area (Å²) in [6.45, 7) is 8.91. The molecular weight excluding hydrogens is 224 g/mol. The maximum Gasteiger partial charge on any atom is 0.0902 e. The van der Waals surface area contributed by atoms with Gasteiger partial charge in [-0.25, -0.2) is 0 Å². The largest absolute Gasteiger partial charge is 0.371 e. The molecule has 3 rings (SSSR count). The average molecular weight is 252 g/mol. The molecule has 3 heteroatoms. The summed E-state index contributed by atoms with van der Waals surface area (Å²) in [5.74, 6) is 0. The van der Waals surface area contributed by atoms with Gasteiger partial charge in [-0.05, 0) is 51.1 Å². The van der Waals surface area contributed by atoms with Gasteiger partial charge in [0.1, 0.15) is 0 Å². The van der Waals surface area contributed by atoms with Crippen molar-refractivity contribution in [1.29, 1.82) is 0 Å². The summed E-state index contributed by atoms with van der Waals surface area (Å²) in [4.78, 5) is 2.61. The van der Waals surface area contributed by atoms with Crippen LogP contribution < -0.4 is 5.32 Å². The Morgan fingerprint density at radius 1 is 1.06 bits per heavy atom. The molecule has 2 aliphatic heterocycles. The van der Waals surface area contributed by atoms with Crippen molar-refractivity contribution in [2.24, 2.45) is 5.41 Å². The van der Waals surface area contributed by atoms with E-state index in [9.17, 15) is 0 Å². The molecular formula is C15H28N2O. The van der Waals surface area contributed by atoms with Gasteiger partial charge in [0.2, 0.25) is 0 Å². The van der Waals surface area contributed by atoms with E-state index >= 15 is 0 Å². The zero-order valence-electron chi connectivity index (χ0n) is 11.8. The Morgan fingerprint density at radius 2 is 1.72 bits per heavy atom. The fraction of sp³-hybridized carbons (Fsp3) is 1.00. The van der Waals surface area contributed by atoms with Crippen molar-refractivity contribution in [2.75, 3.05) is 39.3 Å². The summed E-state index contributed by atoms with van der Waals surface area (Å²) >= 11 is 0. The van der Waals surface area contributed by atoms with Crippen LogP contribution in [0.15, 0.2) is 0 Å². The number of likely N-dealkylation sites (tertiary alicyclic amines) is 1. The summed E-state index contributed by atoms with van der Waals surface area (Å²) in [6.07, 6.45) is 8.84. The number of nitrogens with one attached hydrogen (secondary N) is 1. The monoisotopic (exact) mass is 252 g/mol. The normalized spacial score (nSPS) is 30.5. The molecule has 104 valence electrons. The average Bonchev–Trinajstić information content (AvgIpc) is 2.78. The van der Waals surface area contributed by atoms with Crippen LogP contribution in [0.1, 0.15) is 45.4 Å². The lowest BCUT2D eigenvalue weighted by Gasteiger charge is -2.41. The molecule has 0 bridgehead atoms. The lowest BCUT2D eigenvalue weighted by molar-refractivity contribution is -0.0748. The van der Waals surface area contributed by atoms with Gasteiger partial charge in [0.05, 0.1) is 12.2 Å². The van der Waals surface area contributed by atoms with Crippen molar-refractivity contribution < 1.29 is 4.74 Å². The van der Waals surface area contributed by atoms with Crippen LogP contribution in [0.25, 0.3) is 0 Å². The fourth-order valence-corrected chi connectivity index (χ4v) is 3.88. The second-order valence-corrected chi connectivity index (χ2v) is 6.95. The quantitative estimate of drug-likeness (QED) is 0.828. The molecule has 1 N–H and O–H groups in total. The highest BCUT2D eigenvalue weighted by Gasteiger charge is 2.37. The molecule has 1 aliphatic carbocycles. The Kier molecular flexibility index (Phi) is 3.65. The van der Waals surface area contributed by atoms with Crippen molar-refractivity contribution in [2.45, 2.75) is 51.0 Å². The van der Waals surface area contributed by atoms with Crippen LogP contribution in [-0.4, -0.2) is 49.8 Å². The summed E-state index contributed by atoms with van der Waals surface area (Å²) < 4.78 is 5.98. The van der Waals surface area contributed by atoms with Crippen LogP contribution in [0, 0.1) is 5.41 Å². The predicted molar refractivity (Wildman–Crippen MR) is 73.8 cm³/mol. The zero-order chi connectivity index (χ0) is 12.5. The minimum Gasteiger partial charge on any atom is -0.371 e. The third kappa shape index (κ3) is 2.73. The van der Waals surface area contributed by atoms with Crippen LogP contribution in [0.2, 0.25) is 0 Å². The SMILES string of the molecule is CC1(OCCN2CCC3(CCCC3)CC2)CNC1. The van der Waals surface area contributed by atoms with Crippen molar-refractivity contribution in [3.05, 3.63) is 0 Å². The summed E-state index contributed by atoms with van der Waals surface area (Å²) in [5.41, 5.74) is 0.879. The van der Waals surface area contributed by atoms with Crippen molar-refractivity contribution in [3.8, 4) is 0 Å². The lowest BCUT2D eigenvalue weighted by Crippen LogP contribution is -2.59. The second-order valence-electron chi connectivity index (χ2n) is 6.95. The molecule has 0 aromatic rings. The van der Waals surface area contributed by atoms with E-state index in [1.807, 2.05) is 0 Å². The first-order chi connectivity index (χ1) is 8.70. The highest BCUT2D eigenvalue weighted by Crippen LogP contribution is 2.45. The van der Waals surface area contributed by atoms with Crippen LogP contribution in [0.5, 0.6) is 0 Å². The van der Waals surface area contributed by atoms with E-state index in [1.165, 1.54) is 51.6 Å². The summed E-state index contributed by atoms with van der Waals surface area (Å²) in [5, 5.41) is 3.28. The van der Waals surface area contributed by atoms with Crippen LogP contribution >= 0.6 is 0 Å². The third-order valence-electron chi connectivity index (χ3n) is 5.44. The smallest absolute Gasteiger partial charge is 0.0902 e. The molecule has 3 fully saturated rings. The number of piperidine rings is 1. The topological polar surface area (TPSA) is 24.5 Å². The van der Waals surface area contributed by atoms with Gasteiger partial charge in [0.25, 0.3) is 0 Å². The van der Waals surface area contributed by atoms with Crippen LogP contribution in [-0.2, 0) is 4.74 Å². The lowest BCUT2D eigenvalue weighted by atomic mass is 9.77. The maximum absolute atomic E-state index is 5.98. The van der Waals surface area contributed by atoms with E-state index in [4.69, 9.17) is 4.74 Å². The molecule has 0 amide bonds. The number of rotatable bonds is 4. The molecule has 3 aliphatic rings. The molecule has 0 aromatic carbocycles. The highest BCUT2D eigenvalue weighted by atomic mass is 16.5. The van der Waals surface area contributed by atoms with Gasteiger partial charge in [-0.15, -0.1) is 0 Å². The molecule has 1 spiro atoms. The third-order valence-corrected chi connectivity index (χ3v) is 5.44. The van der Waals surface area contributed by atoms with E-state index in [0.29, 0.717) is 0 Å². The van der Waals surface area contributed by atoms with E-state index in [1.54, 1.807) is 0 Å². The number of hydrogen-bond donors (Lipinski definition) is 1. The van der Waals surface area contributed by atoms with Gasteiger partial charge in [-0.3, -0.25) is 0 Å². The highest BCUT2D eigenvalue weighted by molar-refractivity contribution is 4.91. The molecule has 0 radical (unpaired) electrons. The van der Waals surface area contributed by atoms with E-state index in [2.05, 4.69) is 17.1 Å². The Bertz CT molecular complexity index is 272.